The van der Waals surface area contributed by atoms with Crippen LogP contribution in [0, 0.1) is 0 Å². The van der Waals surface area contributed by atoms with E-state index in [2.05, 4.69) is 4.98 Å². The van der Waals surface area contributed by atoms with Gasteiger partial charge in [0, 0.05) is 23.0 Å². The van der Waals surface area contributed by atoms with Gasteiger partial charge in [-0.2, -0.15) is 0 Å². The van der Waals surface area contributed by atoms with Gasteiger partial charge in [-0.3, -0.25) is 15.0 Å². The van der Waals surface area contributed by atoms with Crippen LogP contribution in [0.15, 0.2) is 53.7 Å². The van der Waals surface area contributed by atoms with Crippen LogP contribution in [-0.4, -0.2) is 16.1 Å². The summed E-state index contributed by atoms with van der Waals surface area (Å²) in [6.45, 7) is 0. The first-order valence-corrected chi connectivity index (χ1v) is 6.35. The monoisotopic (exact) mass is 260 g/mol. The average molecular weight is 260 g/mol. The van der Waals surface area contributed by atoms with Gasteiger partial charge in [-0.1, -0.05) is 30.3 Å². The third kappa shape index (κ3) is 3.09. The van der Waals surface area contributed by atoms with Crippen LogP contribution in [0.4, 0.5) is 0 Å². The minimum atomic E-state index is -0.520. The predicted octanol–water partition coefficient (Wildman–Crippen LogP) is 2.49. The Morgan fingerprint density at radius 2 is 2.06 bits per heavy atom. The van der Waals surface area contributed by atoms with E-state index in [1.165, 1.54) is 23.5 Å². The van der Waals surface area contributed by atoms with Gasteiger partial charge in [-0.15, -0.1) is 11.8 Å². The highest BCUT2D eigenvalue weighted by Gasteiger charge is 2.10. The Bertz CT molecular complexity index is 532. The molecule has 0 radical (unpaired) electrons. The number of nitrogens with one attached hydrogen (secondary N) is 1. The normalized spacial score (nSPS) is 10.1. The zero-order valence-corrected chi connectivity index (χ0v) is 10.4. The van der Waals surface area contributed by atoms with Gasteiger partial charge in [0.2, 0.25) is 0 Å². The number of amides is 1. The van der Waals surface area contributed by atoms with Crippen molar-refractivity contribution >= 4 is 17.7 Å². The molecule has 0 aliphatic heterocycles. The molecule has 4 nitrogen and oxygen atoms in total. The minimum Gasteiger partial charge on any atom is -0.288 e. The Kier molecular flexibility index (Phi) is 4.33. The first kappa shape index (κ1) is 12.6. The molecule has 0 bridgehead atoms. The van der Waals surface area contributed by atoms with Crippen LogP contribution < -0.4 is 5.48 Å². The highest BCUT2D eigenvalue weighted by atomic mass is 32.2. The second-order valence-corrected chi connectivity index (χ2v) is 4.60. The number of thioether (sulfide) groups is 1. The van der Waals surface area contributed by atoms with E-state index < -0.39 is 5.91 Å². The number of hydroxylamine groups is 1. The maximum absolute atomic E-state index is 11.4. The molecular weight excluding hydrogens is 248 g/mol. The summed E-state index contributed by atoms with van der Waals surface area (Å²) in [4.78, 5) is 16.2. The minimum absolute atomic E-state index is 0.424. The number of hydrogen-bond acceptors (Lipinski definition) is 4. The quantitative estimate of drug-likeness (QED) is 0.503. The maximum atomic E-state index is 11.4. The highest BCUT2D eigenvalue weighted by Crippen LogP contribution is 2.25. The van der Waals surface area contributed by atoms with E-state index in [4.69, 9.17) is 5.21 Å². The smallest absolute Gasteiger partial charge is 0.275 e. The molecule has 0 aliphatic carbocycles. The number of nitrogens with zero attached hydrogens (tertiary/aromatic N) is 1. The molecule has 0 saturated heterocycles. The van der Waals surface area contributed by atoms with Crippen molar-refractivity contribution in [3.05, 3.63) is 59.9 Å². The van der Waals surface area contributed by atoms with Crippen molar-refractivity contribution in [3.8, 4) is 0 Å². The van der Waals surface area contributed by atoms with Crippen molar-refractivity contribution in [3.63, 3.8) is 0 Å². The topological polar surface area (TPSA) is 62.2 Å². The molecule has 0 saturated carbocycles. The van der Waals surface area contributed by atoms with Crippen molar-refractivity contribution in [2.45, 2.75) is 10.6 Å². The SMILES string of the molecule is O=C(NO)c1ccncc1SCc1ccccc1. The summed E-state index contributed by atoms with van der Waals surface area (Å²) in [5.41, 5.74) is 3.23. The number of carbonyl (C=O) groups is 1. The molecule has 92 valence electrons. The van der Waals surface area contributed by atoms with E-state index in [1.54, 1.807) is 17.7 Å². The summed E-state index contributed by atoms with van der Waals surface area (Å²) in [5, 5.41) is 8.67. The number of benzene rings is 1. The summed E-state index contributed by atoms with van der Waals surface area (Å²) in [6, 6.07) is 11.5. The van der Waals surface area contributed by atoms with Gasteiger partial charge in [-0.05, 0) is 11.6 Å². The Balaban J connectivity index is 2.12. The summed E-state index contributed by atoms with van der Waals surface area (Å²) in [5.74, 6) is 0.228. The second-order valence-electron chi connectivity index (χ2n) is 3.59. The zero-order chi connectivity index (χ0) is 12.8. The van der Waals surface area contributed by atoms with Crippen LogP contribution in [0.1, 0.15) is 15.9 Å². The molecule has 0 spiro atoms. The molecule has 0 aliphatic rings. The number of carbonyl (C=O) groups excluding carboxylic acids is 1. The molecule has 0 unspecified atom stereocenters. The van der Waals surface area contributed by atoms with Crippen LogP contribution in [0.3, 0.4) is 0 Å². The van der Waals surface area contributed by atoms with Crippen LogP contribution >= 0.6 is 11.8 Å². The Morgan fingerprint density at radius 3 is 2.78 bits per heavy atom. The summed E-state index contributed by atoms with van der Waals surface area (Å²) in [7, 11) is 0. The fraction of sp³-hybridized carbons (Fsp3) is 0.0769. The van der Waals surface area contributed by atoms with E-state index in [9.17, 15) is 4.79 Å². The molecule has 2 N–H and O–H groups in total. The van der Waals surface area contributed by atoms with E-state index in [0.717, 1.165) is 10.6 Å². The Labute approximate surface area is 109 Å². The van der Waals surface area contributed by atoms with Crippen LogP contribution in [0.2, 0.25) is 0 Å². The molecule has 1 aromatic heterocycles. The maximum Gasteiger partial charge on any atom is 0.275 e. The first-order valence-electron chi connectivity index (χ1n) is 5.36. The highest BCUT2D eigenvalue weighted by molar-refractivity contribution is 7.98. The molecule has 0 atom stereocenters. The molecular formula is C13H12N2O2S. The molecule has 2 aromatic rings. The van der Waals surface area contributed by atoms with Gasteiger partial charge in [0.25, 0.3) is 5.91 Å². The lowest BCUT2D eigenvalue weighted by molar-refractivity contribution is 0.0703. The van der Waals surface area contributed by atoms with E-state index >= 15 is 0 Å². The Hall–Kier alpha value is -1.85. The molecule has 1 aromatic carbocycles. The molecule has 1 heterocycles. The van der Waals surface area contributed by atoms with Crippen molar-refractivity contribution in [2.24, 2.45) is 0 Å². The van der Waals surface area contributed by atoms with Crippen molar-refractivity contribution in [1.29, 1.82) is 0 Å². The number of aromatic nitrogens is 1. The molecule has 5 heteroatoms. The third-order valence-electron chi connectivity index (χ3n) is 2.37. The number of rotatable bonds is 4. The van der Waals surface area contributed by atoms with Crippen LogP contribution in [0.25, 0.3) is 0 Å². The number of hydrogen-bond donors (Lipinski definition) is 2. The largest absolute Gasteiger partial charge is 0.288 e. The fourth-order valence-corrected chi connectivity index (χ4v) is 2.44. The van der Waals surface area contributed by atoms with Crippen molar-refractivity contribution in [1.82, 2.24) is 10.5 Å². The summed E-state index contributed by atoms with van der Waals surface area (Å²) < 4.78 is 0. The van der Waals surface area contributed by atoms with Crippen molar-refractivity contribution < 1.29 is 10.0 Å². The van der Waals surface area contributed by atoms with Gasteiger partial charge in [0.05, 0.1) is 5.56 Å². The molecule has 1 amide bonds. The van der Waals surface area contributed by atoms with Gasteiger partial charge in [0.15, 0.2) is 0 Å². The van der Waals surface area contributed by atoms with E-state index in [0.29, 0.717) is 5.56 Å². The van der Waals surface area contributed by atoms with Crippen LogP contribution in [0.5, 0.6) is 0 Å². The standard InChI is InChI=1S/C13H12N2O2S/c16-13(15-17)11-6-7-14-8-12(11)18-9-10-4-2-1-3-5-10/h1-8,17H,9H2,(H,15,16). The predicted molar refractivity (Wildman–Crippen MR) is 69.5 cm³/mol. The second kappa shape index (κ2) is 6.18. The zero-order valence-electron chi connectivity index (χ0n) is 9.54. The summed E-state index contributed by atoms with van der Waals surface area (Å²) >= 11 is 1.51. The van der Waals surface area contributed by atoms with Crippen LogP contribution in [-0.2, 0) is 5.75 Å². The van der Waals surface area contributed by atoms with Gasteiger partial charge in [0.1, 0.15) is 0 Å². The van der Waals surface area contributed by atoms with E-state index in [1.807, 2.05) is 30.3 Å². The molecule has 2 rings (SSSR count). The summed E-state index contributed by atoms with van der Waals surface area (Å²) in [6.07, 6.45) is 3.15. The first-order chi connectivity index (χ1) is 8.81. The Morgan fingerprint density at radius 1 is 1.28 bits per heavy atom. The lowest BCUT2D eigenvalue weighted by Gasteiger charge is -2.06. The fourth-order valence-electron chi connectivity index (χ4n) is 1.48. The molecule has 0 fully saturated rings. The van der Waals surface area contributed by atoms with Gasteiger partial charge < -0.3 is 0 Å². The molecule has 18 heavy (non-hydrogen) atoms. The number of pyridine rings is 1. The lowest BCUT2D eigenvalue weighted by Crippen LogP contribution is -2.19. The average Bonchev–Trinajstić information content (AvgIpc) is 2.45. The van der Waals surface area contributed by atoms with Gasteiger partial charge >= 0.3 is 0 Å². The lowest BCUT2D eigenvalue weighted by atomic mass is 10.2. The van der Waals surface area contributed by atoms with Gasteiger partial charge in [-0.25, -0.2) is 5.48 Å². The third-order valence-corrected chi connectivity index (χ3v) is 3.48. The van der Waals surface area contributed by atoms with Crippen molar-refractivity contribution in [2.75, 3.05) is 0 Å². The van der Waals surface area contributed by atoms with E-state index in [-0.39, 0.29) is 0 Å².